The number of nitrogens with zero attached hydrogens (tertiary/aromatic N) is 2. The minimum atomic E-state index is -0.0923. The Labute approximate surface area is 161 Å². The molecule has 1 amide bonds. The quantitative estimate of drug-likeness (QED) is 0.529. The van der Waals surface area contributed by atoms with Crippen molar-refractivity contribution in [2.45, 2.75) is 19.8 Å². The van der Waals surface area contributed by atoms with Gasteiger partial charge in [-0.2, -0.15) is 0 Å². The fraction of sp³-hybridized carbons (Fsp3) is 0.136. The van der Waals surface area contributed by atoms with Crippen molar-refractivity contribution < 1.29 is 4.79 Å². The maximum atomic E-state index is 12.4. The number of carbonyl (C=O) groups is 1. The highest BCUT2D eigenvalue weighted by Crippen LogP contribution is 2.24. The standard InChI is InChI=1S/C22H19N3OS/c1-2-15-7-9-16(10-8-15)22-25-19(14-27-22)12-21(26)24-18-11-17-5-3-4-6-20(17)23-13-18/h3-11,13-14H,2,12H2,1H3,(H,24,26). The maximum absolute atomic E-state index is 12.4. The number of carbonyl (C=O) groups excluding carboxylic acids is 1. The van der Waals surface area contributed by atoms with E-state index in [0.717, 1.165) is 33.6 Å². The lowest BCUT2D eigenvalue weighted by molar-refractivity contribution is -0.115. The Bertz CT molecular complexity index is 1090. The van der Waals surface area contributed by atoms with Crippen LogP contribution in [0.25, 0.3) is 21.5 Å². The van der Waals surface area contributed by atoms with Crippen LogP contribution in [0.4, 0.5) is 5.69 Å². The third-order valence-electron chi connectivity index (χ3n) is 4.38. The van der Waals surface area contributed by atoms with Crippen molar-refractivity contribution in [2.24, 2.45) is 0 Å². The second-order valence-electron chi connectivity index (χ2n) is 6.34. The number of aryl methyl sites for hydroxylation is 1. The maximum Gasteiger partial charge on any atom is 0.230 e. The fourth-order valence-corrected chi connectivity index (χ4v) is 3.74. The molecule has 0 aliphatic rings. The number of pyridine rings is 1. The van der Waals surface area contributed by atoms with E-state index >= 15 is 0 Å². The van der Waals surface area contributed by atoms with Crippen molar-refractivity contribution in [3.05, 3.63) is 77.4 Å². The Morgan fingerprint density at radius 2 is 1.93 bits per heavy atom. The second kappa shape index (κ2) is 7.68. The van der Waals surface area contributed by atoms with Gasteiger partial charge in [0.1, 0.15) is 5.01 Å². The molecule has 0 radical (unpaired) electrons. The van der Waals surface area contributed by atoms with Gasteiger partial charge in [-0.25, -0.2) is 4.98 Å². The molecule has 0 saturated heterocycles. The first kappa shape index (κ1) is 17.4. The van der Waals surface area contributed by atoms with E-state index in [2.05, 4.69) is 46.5 Å². The molecule has 0 aliphatic heterocycles. The molecule has 0 fully saturated rings. The molecular formula is C22H19N3OS. The van der Waals surface area contributed by atoms with Crippen molar-refractivity contribution in [3.63, 3.8) is 0 Å². The van der Waals surface area contributed by atoms with Gasteiger partial charge < -0.3 is 5.32 Å². The van der Waals surface area contributed by atoms with E-state index in [9.17, 15) is 4.79 Å². The number of thiazole rings is 1. The zero-order chi connectivity index (χ0) is 18.6. The topological polar surface area (TPSA) is 54.9 Å². The highest BCUT2D eigenvalue weighted by molar-refractivity contribution is 7.13. The molecule has 1 N–H and O–H groups in total. The molecule has 2 aromatic heterocycles. The summed E-state index contributed by atoms with van der Waals surface area (Å²) in [5, 5.41) is 6.79. The van der Waals surface area contributed by atoms with E-state index in [-0.39, 0.29) is 12.3 Å². The third-order valence-corrected chi connectivity index (χ3v) is 5.32. The van der Waals surface area contributed by atoms with E-state index in [1.807, 2.05) is 35.7 Å². The number of hydrogen-bond donors (Lipinski definition) is 1. The summed E-state index contributed by atoms with van der Waals surface area (Å²) >= 11 is 1.56. The highest BCUT2D eigenvalue weighted by Gasteiger charge is 2.10. The Morgan fingerprint density at radius 1 is 1.11 bits per heavy atom. The van der Waals surface area contributed by atoms with Crippen LogP contribution in [0.15, 0.2) is 66.2 Å². The van der Waals surface area contributed by atoms with E-state index in [4.69, 9.17) is 0 Å². The van der Waals surface area contributed by atoms with Crippen LogP contribution in [-0.2, 0) is 17.6 Å². The van der Waals surface area contributed by atoms with Gasteiger partial charge in [0, 0.05) is 16.3 Å². The molecule has 4 nitrogen and oxygen atoms in total. The normalized spacial score (nSPS) is 10.9. The molecule has 0 saturated carbocycles. The Hall–Kier alpha value is -3.05. The van der Waals surface area contributed by atoms with Gasteiger partial charge in [0.15, 0.2) is 0 Å². The molecule has 0 bridgehead atoms. The van der Waals surface area contributed by atoms with Crippen LogP contribution in [0.5, 0.6) is 0 Å². The van der Waals surface area contributed by atoms with Gasteiger partial charge in [-0.1, -0.05) is 49.4 Å². The van der Waals surface area contributed by atoms with Crippen molar-refractivity contribution in [2.75, 3.05) is 5.32 Å². The fourth-order valence-electron chi connectivity index (χ4n) is 2.91. The minimum absolute atomic E-state index is 0.0923. The molecular weight excluding hydrogens is 354 g/mol. The number of fused-ring (bicyclic) bond motifs is 1. The lowest BCUT2D eigenvalue weighted by atomic mass is 10.1. The molecule has 0 aliphatic carbocycles. The third kappa shape index (κ3) is 4.04. The van der Waals surface area contributed by atoms with Gasteiger partial charge in [-0.3, -0.25) is 9.78 Å². The van der Waals surface area contributed by atoms with Crippen LogP contribution in [0.1, 0.15) is 18.2 Å². The minimum Gasteiger partial charge on any atom is -0.324 e. The lowest BCUT2D eigenvalue weighted by Gasteiger charge is -2.05. The number of rotatable bonds is 5. The molecule has 4 aromatic rings. The largest absolute Gasteiger partial charge is 0.324 e. The zero-order valence-electron chi connectivity index (χ0n) is 15.0. The van der Waals surface area contributed by atoms with Gasteiger partial charge in [-0.05, 0) is 24.1 Å². The summed E-state index contributed by atoms with van der Waals surface area (Å²) < 4.78 is 0. The van der Waals surface area contributed by atoms with E-state index in [1.165, 1.54) is 5.56 Å². The zero-order valence-corrected chi connectivity index (χ0v) is 15.8. The molecule has 2 heterocycles. The van der Waals surface area contributed by atoms with Crippen LogP contribution in [-0.4, -0.2) is 15.9 Å². The monoisotopic (exact) mass is 373 g/mol. The summed E-state index contributed by atoms with van der Waals surface area (Å²) in [6, 6.07) is 18.2. The molecule has 134 valence electrons. The van der Waals surface area contributed by atoms with Crippen LogP contribution in [0.2, 0.25) is 0 Å². The Morgan fingerprint density at radius 3 is 2.74 bits per heavy atom. The van der Waals surface area contributed by atoms with Gasteiger partial charge in [0.25, 0.3) is 0 Å². The predicted octanol–water partition coefficient (Wildman–Crippen LogP) is 5.10. The number of para-hydroxylation sites is 1. The molecule has 0 spiro atoms. The molecule has 0 atom stereocenters. The summed E-state index contributed by atoms with van der Waals surface area (Å²) in [4.78, 5) is 21.4. The summed E-state index contributed by atoms with van der Waals surface area (Å²) in [6.45, 7) is 2.14. The SMILES string of the molecule is CCc1ccc(-c2nc(CC(=O)Nc3cnc4ccccc4c3)cs2)cc1. The molecule has 2 aromatic carbocycles. The van der Waals surface area contributed by atoms with Crippen LogP contribution in [0, 0.1) is 0 Å². The van der Waals surface area contributed by atoms with Gasteiger partial charge in [0.05, 0.1) is 29.5 Å². The Balaban J connectivity index is 1.43. The number of amides is 1. The number of hydrogen-bond acceptors (Lipinski definition) is 4. The second-order valence-corrected chi connectivity index (χ2v) is 7.19. The van der Waals surface area contributed by atoms with Gasteiger partial charge in [0.2, 0.25) is 5.91 Å². The van der Waals surface area contributed by atoms with Crippen LogP contribution < -0.4 is 5.32 Å². The van der Waals surface area contributed by atoms with Gasteiger partial charge in [-0.15, -0.1) is 11.3 Å². The smallest absolute Gasteiger partial charge is 0.230 e. The van der Waals surface area contributed by atoms with E-state index in [0.29, 0.717) is 5.69 Å². The molecule has 27 heavy (non-hydrogen) atoms. The van der Waals surface area contributed by atoms with Crippen molar-refractivity contribution >= 4 is 33.8 Å². The lowest BCUT2D eigenvalue weighted by Crippen LogP contribution is -2.14. The summed E-state index contributed by atoms with van der Waals surface area (Å²) in [5.74, 6) is -0.0923. The number of benzene rings is 2. The van der Waals surface area contributed by atoms with Gasteiger partial charge >= 0.3 is 0 Å². The van der Waals surface area contributed by atoms with Crippen LogP contribution in [0.3, 0.4) is 0 Å². The summed E-state index contributed by atoms with van der Waals surface area (Å²) in [7, 11) is 0. The van der Waals surface area contributed by atoms with Crippen molar-refractivity contribution in [3.8, 4) is 10.6 Å². The molecule has 4 rings (SSSR count). The van der Waals surface area contributed by atoms with Crippen LogP contribution >= 0.6 is 11.3 Å². The summed E-state index contributed by atoms with van der Waals surface area (Å²) in [6.07, 6.45) is 2.95. The number of aromatic nitrogens is 2. The van der Waals surface area contributed by atoms with Crippen molar-refractivity contribution in [1.29, 1.82) is 0 Å². The van der Waals surface area contributed by atoms with E-state index in [1.54, 1.807) is 17.5 Å². The predicted molar refractivity (Wildman–Crippen MR) is 111 cm³/mol. The van der Waals surface area contributed by atoms with Crippen molar-refractivity contribution in [1.82, 2.24) is 9.97 Å². The average molecular weight is 373 g/mol. The molecule has 0 unspecified atom stereocenters. The van der Waals surface area contributed by atoms with E-state index < -0.39 is 0 Å². The average Bonchev–Trinajstić information content (AvgIpc) is 3.16. The number of nitrogens with one attached hydrogen (secondary N) is 1. The summed E-state index contributed by atoms with van der Waals surface area (Å²) in [5.41, 5.74) is 4.78. The number of anilines is 1. The Kier molecular flexibility index (Phi) is 4.94. The highest BCUT2D eigenvalue weighted by atomic mass is 32.1. The molecule has 5 heteroatoms. The first-order valence-corrected chi connectivity index (χ1v) is 9.77. The first-order chi connectivity index (χ1) is 13.2. The first-order valence-electron chi connectivity index (χ1n) is 8.89.